The first-order chi connectivity index (χ1) is 25.3. The minimum atomic E-state index is 0.649. The summed E-state index contributed by atoms with van der Waals surface area (Å²) in [5.41, 5.74) is 7.75. The van der Waals surface area contributed by atoms with Crippen molar-refractivity contribution in [2.75, 3.05) is 0 Å². The molecule has 238 valence electrons. The van der Waals surface area contributed by atoms with Gasteiger partial charge in [-0.3, -0.25) is 0 Å². The summed E-state index contributed by atoms with van der Waals surface area (Å²) < 4.78 is 2.65. The second kappa shape index (κ2) is 12.1. The van der Waals surface area contributed by atoms with E-state index in [1.807, 2.05) is 41.7 Å². The fourth-order valence-corrected chi connectivity index (χ4v) is 8.54. The van der Waals surface area contributed by atoms with Crippen molar-refractivity contribution >= 4 is 53.1 Å². The minimum Gasteiger partial charge on any atom is -0.208 e. The van der Waals surface area contributed by atoms with Crippen molar-refractivity contribution in [2.45, 2.75) is 0 Å². The molecule has 2 heterocycles. The van der Waals surface area contributed by atoms with Crippen molar-refractivity contribution in [3.05, 3.63) is 176 Å². The largest absolute Gasteiger partial charge is 0.208 e. The Kier molecular flexibility index (Phi) is 7.00. The summed E-state index contributed by atoms with van der Waals surface area (Å²) in [6.45, 7) is 0. The Bertz CT molecular complexity index is 2900. The van der Waals surface area contributed by atoms with E-state index in [4.69, 9.17) is 15.0 Å². The molecule has 0 unspecified atom stereocenters. The molecule has 0 fully saturated rings. The molecule has 4 heteroatoms. The molecule has 0 aliphatic rings. The number of benzene rings is 8. The van der Waals surface area contributed by atoms with Crippen LogP contribution in [0.3, 0.4) is 0 Å². The van der Waals surface area contributed by atoms with E-state index in [2.05, 4.69) is 146 Å². The molecule has 0 saturated carbocycles. The first-order valence-corrected chi connectivity index (χ1v) is 17.9. The minimum absolute atomic E-state index is 0.649. The Balaban J connectivity index is 1.11. The number of hydrogen-bond donors (Lipinski definition) is 0. The Morgan fingerprint density at radius 1 is 0.294 bits per heavy atom. The molecule has 0 bridgehead atoms. The van der Waals surface area contributed by atoms with Gasteiger partial charge in [-0.05, 0) is 50.5 Å². The van der Waals surface area contributed by atoms with E-state index < -0.39 is 0 Å². The Morgan fingerprint density at radius 2 is 0.804 bits per heavy atom. The lowest BCUT2D eigenvalue weighted by Crippen LogP contribution is -2.00. The van der Waals surface area contributed by atoms with Crippen LogP contribution in [0.1, 0.15) is 0 Å². The highest BCUT2D eigenvalue weighted by atomic mass is 32.1. The number of hydrogen-bond acceptors (Lipinski definition) is 4. The van der Waals surface area contributed by atoms with Crippen molar-refractivity contribution in [3.63, 3.8) is 0 Å². The SMILES string of the molecule is c1ccc(-c2nc(-c3ccc(-c4cc5c6cccc(-c7ccccc7)c6sc5c5ccccc45)cc3)nc(-c3ccc4ccccc4c3)n2)cc1. The molecule has 0 aliphatic carbocycles. The summed E-state index contributed by atoms with van der Waals surface area (Å²) in [5.74, 6) is 1.96. The van der Waals surface area contributed by atoms with Gasteiger partial charge in [-0.25, -0.2) is 15.0 Å². The third kappa shape index (κ3) is 5.16. The molecule has 0 N–H and O–H groups in total. The van der Waals surface area contributed by atoms with Crippen LogP contribution in [0.5, 0.6) is 0 Å². The van der Waals surface area contributed by atoms with Gasteiger partial charge in [0.15, 0.2) is 17.5 Å². The average molecular weight is 668 g/mol. The predicted molar refractivity (Wildman–Crippen MR) is 215 cm³/mol. The van der Waals surface area contributed by atoms with E-state index in [9.17, 15) is 0 Å². The van der Waals surface area contributed by atoms with Crippen LogP contribution < -0.4 is 0 Å². The van der Waals surface area contributed by atoms with Gasteiger partial charge in [-0.2, -0.15) is 0 Å². The second-order valence-corrected chi connectivity index (χ2v) is 13.8. The quantitative estimate of drug-likeness (QED) is 0.183. The topological polar surface area (TPSA) is 38.7 Å². The Morgan fingerprint density at radius 3 is 1.55 bits per heavy atom. The van der Waals surface area contributed by atoms with E-state index in [1.54, 1.807) is 0 Å². The van der Waals surface area contributed by atoms with Gasteiger partial charge in [0.25, 0.3) is 0 Å². The van der Waals surface area contributed by atoms with Crippen molar-refractivity contribution in [2.24, 2.45) is 0 Å². The second-order valence-electron chi connectivity index (χ2n) is 12.8. The molecule has 0 spiro atoms. The fraction of sp³-hybridized carbons (Fsp3) is 0. The molecule has 0 aliphatic heterocycles. The molecule has 0 saturated heterocycles. The molecule has 0 amide bonds. The summed E-state index contributed by atoms with van der Waals surface area (Å²) in [4.78, 5) is 15.0. The van der Waals surface area contributed by atoms with Crippen LogP contribution >= 0.6 is 11.3 Å². The number of aromatic nitrogens is 3. The molecular weight excluding hydrogens is 639 g/mol. The van der Waals surface area contributed by atoms with Gasteiger partial charge in [0.2, 0.25) is 0 Å². The lowest BCUT2D eigenvalue weighted by Gasteiger charge is -2.11. The predicted octanol–water partition coefficient (Wildman–Crippen LogP) is 12.9. The fourth-order valence-electron chi connectivity index (χ4n) is 7.18. The van der Waals surface area contributed by atoms with Crippen molar-refractivity contribution in [3.8, 4) is 56.4 Å². The molecule has 51 heavy (non-hydrogen) atoms. The molecule has 0 radical (unpaired) electrons. The van der Waals surface area contributed by atoms with Gasteiger partial charge in [-0.1, -0.05) is 164 Å². The van der Waals surface area contributed by atoms with Crippen LogP contribution in [0.2, 0.25) is 0 Å². The van der Waals surface area contributed by atoms with Gasteiger partial charge in [0, 0.05) is 42.2 Å². The number of thiophene rings is 1. The summed E-state index contributed by atoms with van der Waals surface area (Å²) >= 11 is 1.89. The van der Waals surface area contributed by atoms with Crippen molar-refractivity contribution in [1.82, 2.24) is 15.0 Å². The first-order valence-electron chi connectivity index (χ1n) is 17.1. The van der Waals surface area contributed by atoms with E-state index >= 15 is 0 Å². The van der Waals surface area contributed by atoms with Crippen LogP contribution in [-0.4, -0.2) is 15.0 Å². The lowest BCUT2D eigenvalue weighted by atomic mass is 9.94. The maximum atomic E-state index is 5.04. The molecule has 10 aromatic rings. The first kappa shape index (κ1) is 29.4. The summed E-state index contributed by atoms with van der Waals surface area (Å²) in [6.07, 6.45) is 0. The van der Waals surface area contributed by atoms with Crippen molar-refractivity contribution in [1.29, 1.82) is 0 Å². The number of nitrogens with zero attached hydrogens (tertiary/aromatic N) is 3. The molecule has 10 rings (SSSR count). The number of fused-ring (bicyclic) bond motifs is 6. The molecule has 8 aromatic carbocycles. The zero-order valence-corrected chi connectivity index (χ0v) is 28.3. The lowest BCUT2D eigenvalue weighted by molar-refractivity contribution is 1.07. The molecule has 0 atom stereocenters. The monoisotopic (exact) mass is 667 g/mol. The van der Waals surface area contributed by atoms with Gasteiger partial charge in [0.05, 0.1) is 0 Å². The van der Waals surface area contributed by atoms with Gasteiger partial charge in [-0.15, -0.1) is 11.3 Å². The Labute approximate surface area is 299 Å². The Hall–Kier alpha value is -6.49. The summed E-state index contributed by atoms with van der Waals surface area (Å²) in [7, 11) is 0. The van der Waals surface area contributed by atoms with E-state index in [0.717, 1.165) is 27.6 Å². The van der Waals surface area contributed by atoms with Crippen LogP contribution in [0, 0.1) is 0 Å². The van der Waals surface area contributed by atoms with Crippen LogP contribution in [-0.2, 0) is 0 Å². The number of rotatable bonds is 5. The van der Waals surface area contributed by atoms with Crippen LogP contribution in [0.15, 0.2) is 176 Å². The summed E-state index contributed by atoms with van der Waals surface area (Å²) in [6, 6.07) is 62.1. The normalized spacial score (nSPS) is 11.5. The maximum Gasteiger partial charge on any atom is 0.164 e. The van der Waals surface area contributed by atoms with Crippen molar-refractivity contribution < 1.29 is 0 Å². The summed E-state index contributed by atoms with van der Waals surface area (Å²) in [5, 5.41) is 7.44. The van der Waals surface area contributed by atoms with Gasteiger partial charge >= 0.3 is 0 Å². The highest BCUT2D eigenvalue weighted by molar-refractivity contribution is 7.27. The third-order valence-electron chi connectivity index (χ3n) is 9.72. The van der Waals surface area contributed by atoms with E-state index in [-0.39, 0.29) is 0 Å². The standard InChI is InChI=1S/C47H29N3S/c1-3-13-31(14-4-1)37-20-11-21-40-42-29-41(38-18-9-10-19-39(38)44(42)51-43(37)40)32-23-25-34(26-24-32)46-48-45(33-15-5-2-6-16-33)49-47(50-46)36-27-22-30-12-7-8-17-35(30)28-36/h1-29H. The smallest absolute Gasteiger partial charge is 0.164 e. The van der Waals surface area contributed by atoms with E-state index in [1.165, 1.54) is 53.0 Å². The zero-order chi connectivity index (χ0) is 33.7. The third-order valence-corrected chi connectivity index (χ3v) is 11.0. The maximum absolute atomic E-state index is 5.04. The van der Waals surface area contributed by atoms with Crippen LogP contribution in [0.4, 0.5) is 0 Å². The van der Waals surface area contributed by atoms with Gasteiger partial charge in [0.1, 0.15) is 0 Å². The molecule has 2 aromatic heterocycles. The highest BCUT2D eigenvalue weighted by Crippen LogP contribution is 2.45. The van der Waals surface area contributed by atoms with Gasteiger partial charge < -0.3 is 0 Å². The average Bonchev–Trinajstić information content (AvgIpc) is 3.60. The molecule has 3 nitrogen and oxygen atoms in total. The highest BCUT2D eigenvalue weighted by Gasteiger charge is 2.17. The van der Waals surface area contributed by atoms with Crippen LogP contribution in [0.25, 0.3) is 98.1 Å². The van der Waals surface area contributed by atoms with E-state index in [0.29, 0.717) is 17.5 Å². The zero-order valence-electron chi connectivity index (χ0n) is 27.5. The molecular formula is C47H29N3S.